The van der Waals surface area contributed by atoms with Crippen LogP contribution in [0.3, 0.4) is 0 Å². The van der Waals surface area contributed by atoms with Crippen molar-refractivity contribution in [3.8, 4) is 9.88 Å². The number of thiophene rings is 1. The Bertz CT molecular complexity index is 860. The number of rotatable bonds is 5. The number of likely N-dealkylation sites (tertiary alicyclic amines) is 1. The van der Waals surface area contributed by atoms with E-state index in [0.717, 1.165) is 59.3 Å². The molecule has 3 heterocycles. The van der Waals surface area contributed by atoms with Gasteiger partial charge in [-0.25, -0.2) is 4.98 Å². The van der Waals surface area contributed by atoms with Crippen molar-refractivity contribution in [3.63, 3.8) is 0 Å². The molecule has 0 bridgehead atoms. The molecule has 6 heteroatoms. The van der Waals surface area contributed by atoms with E-state index in [4.69, 9.17) is 4.98 Å². The lowest BCUT2D eigenvalue weighted by Crippen LogP contribution is -2.40. The lowest BCUT2D eigenvalue weighted by atomic mass is 9.96. The lowest BCUT2D eigenvalue weighted by molar-refractivity contribution is 0.0695. The van der Waals surface area contributed by atoms with Crippen LogP contribution in [0.2, 0.25) is 0 Å². The van der Waals surface area contributed by atoms with E-state index in [9.17, 15) is 4.79 Å². The van der Waals surface area contributed by atoms with Gasteiger partial charge in [-0.3, -0.25) is 4.79 Å². The minimum absolute atomic E-state index is 0.171. The average Bonchev–Trinajstić information content (AvgIpc) is 3.33. The Kier molecular flexibility index (Phi) is 5.33. The van der Waals surface area contributed by atoms with Gasteiger partial charge in [0, 0.05) is 13.1 Å². The third kappa shape index (κ3) is 3.68. The maximum absolute atomic E-state index is 12.8. The molecular weight excluding hydrogens is 362 g/mol. The molecule has 1 aliphatic heterocycles. The summed E-state index contributed by atoms with van der Waals surface area (Å²) in [7, 11) is 0. The summed E-state index contributed by atoms with van der Waals surface area (Å²) in [6.45, 7) is 5.95. The molecule has 4 nitrogen and oxygen atoms in total. The summed E-state index contributed by atoms with van der Waals surface area (Å²) < 4.78 is 1.19. The van der Waals surface area contributed by atoms with Crippen LogP contribution in [0, 0.1) is 5.92 Å². The first-order chi connectivity index (χ1) is 12.7. The molecule has 3 aromatic rings. The van der Waals surface area contributed by atoms with Gasteiger partial charge < -0.3 is 10.2 Å². The molecule has 26 heavy (non-hydrogen) atoms. The highest BCUT2D eigenvalue weighted by molar-refractivity contribution is 7.26. The van der Waals surface area contributed by atoms with E-state index in [2.05, 4.69) is 18.3 Å². The summed E-state index contributed by atoms with van der Waals surface area (Å²) in [6.07, 6.45) is 2.18. The molecule has 0 aliphatic carbocycles. The highest BCUT2D eigenvalue weighted by atomic mass is 32.1. The Labute approximate surface area is 161 Å². The Morgan fingerprint density at radius 2 is 2.00 bits per heavy atom. The van der Waals surface area contributed by atoms with Crippen LogP contribution in [0.25, 0.3) is 20.1 Å². The predicted octanol–water partition coefficient (Wildman–Crippen LogP) is 4.49. The number of carbonyl (C=O) groups is 1. The van der Waals surface area contributed by atoms with Gasteiger partial charge in [0.1, 0.15) is 5.01 Å². The number of hydrogen-bond acceptors (Lipinski definition) is 5. The first kappa shape index (κ1) is 17.6. The summed E-state index contributed by atoms with van der Waals surface area (Å²) in [6, 6.07) is 12.2. The molecule has 1 aliphatic rings. The van der Waals surface area contributed by atoms with E-state index in [-0.39, 0.29) is 5.91 Å². The fraction of sp³-hybridized carbons (Fsp3) is 0.400. The molecule has 1 fully saturated rings. The van der Waals surface area contributed by atoms with E-state index >= 15 is 0 Å². The number of piperidine rings is 1. The number of nitrogens with zero attached hydrogens (tertiary/aromatic N) is 2. The van der Waals surface area contributed by atoms with Gasteiger partial charge in [-0.15, -0.1) is 22.7 Å². The Hall–Kier alpha value is -1.76. The third-order valence-corrected chi connectivity index (χ3v) is 7.19. The van der Waals surface area contributed by atoms with Crippen molar-refractivity contribution in [1.82, 2.24) is 15.2 Å². The topological polar surface area (TPSA) is 45.2 Å². The zero-order valence-corrected chi connectivity index (χ0v) is 16.5. The quantitative estimate of drug-likeness (QED) is 0.704. The van der Waals surface area contributed by atoms with Gasteiger partial charge in [-0.2, -0.15) is 0 Å². The molecule has 4 rings (SSSR count). The van der Waals surface area contributed by atoms with E-state index < -0.39 is 0 Å². The minimum Gasteiger partial charge on any atom is -0.338 e. The summed E-state index contributed by atoms with van der Waals surface area (Å²) in [5.41, 5.74) is 1.02. The molecular formula is C20H23N3OS2. The van der Waals surface area contributed by atoms with Gasteiger partial charge in [0.05, 0.1) is 20.0 Å². The number of carbonyl (C=O) groups excluding carboxylic acids is 1. The Balaban J connectivity index is 1.43. The molecule has 1 N–H and O–H groups in total. The van der Waals surface area contributed by atoms with Crippen LogP contribution in [-0.4, -0.2) is 42.0 Å². The molecule has 1 saturated heterocycles. The Morgan fingerprint density at radius 3 is 2.77 bits per heavy atom. The third-order valence-electron chi connectivity index (χ3n) is 4.91. The van der Waals surface area contributed by atoms with Crippen LogP contribution in [0.1, 0.15) is 29.4 Å². The monoisotopic (exact) mass is 385 g/mol. The first-order valence-corrected chi connectivity index (χ1v) is 10.8. The molecule has 0 unspecified atom stereocenters. The van der Waals surface area contributed by atoms with Crippen LogP contribution in [-0.2, 0) is 0 Å². The molecule has 2 aromatic heterocycles. The van der Waals surface area contributed by atoms with Crippen LogP contribution in [0.15, 0.2) is 36.4 Å². The number of hydrogen-bond donors (Lipinski definition) is 1. The largest absolute Gasteiger partial charge is 0.338 e. The van der Waals surface area contributed by atoms with Crippen molar-refractivity contribution in [2.75, 3.05) is 26.2 Å². The van der Waals surface area contributed by atoms with Crippen LogP contribution >= 0.6 is 22.7 Å². The maximum atomic E-state index is 12.8. The van der Waals surface area contributed by atoms with Gasteiger partial charge in [-0.1, -0.05) is 19.1 Å². The highest BCUT2D eigenvalue weighted by Crippen LogP contribution is 2.35. The second-order valence-corrected chi connectivity index (χ2v) is 8.81. The van der Waals surface area contributed by atoms with Gasteiger partial charge in [0.2, 0.25) is 0 Å². The molecule has 1 aromatic carbocycles. The fourth-order valence-corrected chi connectivity index (χ4v) is 5.38. The molecule has 0 spiro atoms. The summed E-state index contributed by atoms with van der Waals surface area (Å²) in [5, 5.41) is 4.42. The van der Waals surface area contributed by atoms with Crippen molar-refractivity contribution in [2.24, 2.45) is 5.92 Å². The predicted molar refractivity (Wildman–Crippen MR) is 110 cm³/mol. The van der Waals surface area contributed by atoms with Gasteiger partial charge in [0.15, 0.2) is 0 Å². The van der Waals surface area contributed by atoms with Crippen molar-refractivity contribution in [2.45, 2.75) is 19.8 Å². The number of benzene rings is 1. The second-order valence-electron chi connectivity index (χ2n) is 6.69. The number of para-hydroxylation sites is 1. The number of nitrogens with one attached hydrogen (secondary N) is 1. The molecule has 1 amide bonds. The molecule has 136 valence electrons. The summed E-state index contributed by atoms with van der Waals surface area (Å²) >= 11 is 3.25. The fourth-order valence-electron chi connectivity index (χ4n) is 3.39. The van der Waals surface area contributed by atoms with Crippen LogP contribution < -0.4 is 5.32 Å². The summed E-state index contributed by atoms with van der Waals surface area (Å²) in [4.78, 5) is 21.5. The Morgan fingerprint density at radius 1 is 1.19 bits per heavy atom. The number of fused-ring (bicyclic) bond motifs is 1. The van der Waals surface area contributed by atoms with E-state index in [1.165, 1.54) is 4.70 Å². The minimum atomic E-state index is 0.171. The second kappa shape index (κ2) is 7.86. The van der Waals surface area contributed by atoms with Gasteiger partial charge in [0.25, 0.3) is 5.91 Å². The molecule has 0 atom stereocenters. The lowest BCUT2D eigenvalue weighted by Gasteiger charge is -2.31. The highest BCUT2D eigenvalue weighted by Gasteiger charge is 2.24. The average molecular weight is 386 g/mol. The maximum Gasteiger partial charge on any atom is 0.263 e. The zero-order chi connectivity index (χ0) is 17.9. The number of amides is 1. The molecule has 0 saturated carbocycles. The number of thiazole rings is 1. The SMILES string of the molecule is CCNCC1CCN(C(=O)c2ccc(-c3nc4ccccc4s3)s2)CC1. The van der Waals surface area contributed by atoms with Gasteiger partial charge >= 0.3 is 0 Å². The first-order valence-electron chi connectivity index (χ1n) is 9.20. The van der Waals surface area contributed by atoms with Crippen molar-refractivity contribution in [1.29, 1.82) is 0 Å². The number of aromatic nitrogens is 1. The zero-order valence-electron chi connectivity index (χ0n) is 14.9. The van der Waals surface area contributed by atoms with Crippen molar-refractivity contribution in [3.05, 3.63) is 41.3 Å². The smallest absolute Gasteiger partial charge is 0.263 e. The van der Waals surface area contributed by atoms with Crippen LogP contribution in [0.5, 0.6) is 0 Å². The van der Waals surface area contributed by atoms with E-state index in [1.54, 1.807) is 22.7 Å². The van der Waals surface area contributed by atoms with Crippen molar-refractivity contribution < 1.29 is 4.79 Å². The van der Waals surface area contributed by atoms with E-state index in [0.29, 0.717) is 5.92 Å². The van der Waals surface area contributed by atoms with E-state index in [1.807, 2.05) is 35.2 Å². The van der Waals surface area contributed by atoms with Gasteiger partial charge in [-0.05, 0) is 56.1 Å². The van der Waals surface area contributed by atoms with Crippen LogP contribution in [0.4, 0.5) is 0 Å². The summed E-state index contributed by atoms with van der Waals surface area (Å²) in [5.74, 6) is 0.866. The standard InChI is InChI=1S/C20H23N3OS2/c1-2-21-13-14-9-11-23(12-10-14)20(24)18-8-7-17(25-18)19-22-15-5-3-4-6-16(15)26-19/h3-8,14,21H,2,9-13H2,1H3. The van der Waals surface area contributed by atoms with Crippen molar-refractivity contribution >= 4 is 38.8 Å². The molecule has 0 radical (unpaired) electrons. The normalized spacial score (nSPS) is 15.7.